The van der Waals surface area contributed by atoms with Gasteiger partial charge in [0.2, 0.25) is 0 Å². The standard InChI is InChI=1S/C18H16F3N3S2/c1-12-6-2-3-7-13(12)10-26-11-16-22-23-17(25)24(16)15-9-5-4-8-14(15)18(19,20)21/h2-9H,10-11H2,1H3,(H,23,25). The van der Waals surface area contributed by atoms with E-state index in [-0.39, 0.29) is 10.5 Å². The SMILES string of the molecule is Cc1ccccc1CSCc1n[nH]c(=S)n1-c1ccccc1C(F)(F)F. The number of halogens is 3. The number of nitrogens with one attached hydrogen (secondary N) is 1. The minimum Gasteiger partial charge on any atom is -0.271 e. The monoisotopic (exact) mass is 395 g/mol. The van der Waals surface area contributed by atoms with Crippen LogP contribution in [-0.2, 0) is 17.7 Å². The maximum atomic E-state index is 13.3. The van der Waals surface area contributed by atoms with Crippen molar-refractivity contribution in [3.63, 3.8) is 0 Å². The average molecular weight is 395 g/mol. The summed E-state index contributed by atoms with van der Waals surface area (Å²) in [5.74, 6) is 1.64. The van der Waals surface area contributed by atoms with Gasteiger partial charge in [0, 0.05) is 5.75 Å². The van der Waals surface area contributed by atoms with Crippen molar-refractivity contribution in [3.8, 4) is 5.69 Å². The number of aromatic amines is 1. The summed E-state index contributed by atoms with van der Waals surface area (Å²) in [5, 5.41) is 6.74. The molecule has 0 aliphatic rings. The summed E-state index contributed by atoms with van der Waals surface area (Å²) in [6.45, 7) is 2.03. The van der Waals surface area contributed by atoms with Crippen LogP contribution < -0.4 is 0 Å². The van der Waals surface area contributed by atoms with Gasteiger partial charge in [-0.2, -0.15) is 18.3 Å². The quantitative estimate of drug-likeness (QED) is 0.564. The number of aryl methyl sites for hydroxylation is 1. The van der Waals surface area contributed by atoms with Crippen LogP contribution in [0.5, 0.6) is 0 Å². The Morgan fingerprint density at radius 3 is 2.50 bits per heavy atom. The minimum atomic E-state index is -4.46. The predicted molar refractivity (Wildman–Crippen MR) is 99.9 cm³/mol. The lowest BCUT2D eigenvalue weighted by molar-refractivity contribution is -0.137. The molecule has 0 atom stereocenters. The third kappa shape index (κ3) is 4.02. The van der Waals surface area contributed by atoms with Crippen molar-refractivity contribution in [2.75, 3.05) is 0 Å². The lowest BCUT2D eigenvalue weighted by Crippen LogP contribution is -2.12. The van der Waals surface area contributed by atoms with Gasteiger partial charge in [0.15, 0.2) is 4.77 Å². The summed E-state index contributed by atoms with van der Waals surface area (Å²) in [5.41, 5.74) is 1.63. The molecule has 26 heavy (non-hydrogen) atoms. The molecule has 0 amide bonds. The second kappa shape index (κ2) is 7.67. The average Bonchev–Trinajstić information content (AvgIpc) is 2.96. The molecule has 0 bridgehead atoms. The smallest absolute Gasteiger partial charge is 0.271 e. The molecule has 2 aromatic carbocycles. The number of alkyl halides is 3. The van der Waals surface area contributed by atoms with Crippen molar-refractivity contribution in [2.24, 2.45) is 0 Å². The highest BCUT2D eigenvalue weighted by atomic mass is 32.2. The fourth-order valence-electron chi connectivity index (χ4n) is 2.61. The van der Waals surface area contributed by atoms with E-state index in [4.69, 9.17) is 12.2 Å². The number of thioether (sulfide) groups is 1. The Bertz CT molecular complexity index is 961. The number of para-hydroxylation sites is 1. The molecule has 3 nitrogen and oxygen atoms in total. The molecule has 0 radical (unpaired) electrons. The van der Waals surface area contributed by atoms with Crippen molar-refractivity contribution in [1.82, 2.24) is 14.8 Å². The Kier molecular flexibility index (Phi) is 5.52. The summed E-state index contributed by atoms with van der Waals surface area (Å²) < 4.78 is 41.5. The first-order chi connectivity index (χ1) is 12.4. The molecular weight excluding hydrogens is 379 g/mol. The van der Waals surface area contributed by atoms with E-state index in [1.807, 2.05) is 31.2 Å². The van der Waals surface area contributed by atoms with Gasteiger partial charge >= 0.3 is 6.18 Å². The van der Waals surface area contributed by atoms with Crippen LogP contribution in [0.4, 0.5) is 13.2 Å². The van der Waals surface area contributed by atoms with Crippen LogP contribution in [0.15, 0.2) is 48.5 Å². The van der Waals surface area contributed by atoms with Gasteiger partial charge in [-0.05, 0) is 42.4 Å². The number of aromatic nitrogens is 3. The van der Waals surface area contributed by atoms with Gasteiger partial charge in [-0.3, -0.25) is 9.67 Å². The molecule has 1 N–H and O–H groups in total. The number of rotatable bonds is 5. The highest BCUT2D eigenvalue weighted by molar-refractivity contribution is 7.97. The van der Waals surface area contributed by atoms with E-state index < -0.39 is 11.7 Å². The van der Waals surface area contributed by atoms with Gasteiger partial charge in [-0.15, -0.1) is 11.8 Å². The fraction of sp³-hybridized carbons (Fsp3) is 0.222. The van der Waals surface area contributed by atoms with E-state index >= 15 is 0 Å². The molecular formula is C18H16F3N3S2. The van der Waals surface area contributed by atoms with Gasteiger partial charge < -0.3 is 0 Å². The molecule has 0 fully saturated rings. The molecule has 0 spiro atoms. The maximum Gasteiger partial charge on any atom is 0.418 e. The Morgan fingerprint density at radius 2 is 1.77 bits per heavy atom. The van der Waals surface area contributed by atoms with Crippen molar-refractivity contribution in [3.05, 3.63) is 75.8 Å². The molecule has 0 saturated carbocycles. The van der Waals surface area contributed by atoms with Crippen molar-refractivity contribution >= 4 is 24.0 Å². The molecule has 136 valence electrons. The van der Waals surface area contributed by atoms with Crippen LogP contribution in [0.3, 0.4) is 0 Å². The molecule has 0 unspecified atom stereocenters. The Hall–Kier alpha value is -2.06. The summed E-state index contributed by atoms with van der Waals surface area (Å²) in [6, 6.07) is 13.4. The Morgan fingerprint density at radius 1 is 1.08 bits per heavy atom. The van der Waals surface area contributed by atoms with Gasteiger partial charge in [-0.1, -0.05) is 36.4 Å². The Balaban J connectivity index is 1.87. The molecule has 0 saturated heterocycles. The van der Waals surface area contributed by atoms with Crippen molar-refractivity contribution in [1.29, 1.82) is 0 Å². The summed E-state index contributed by atoms with van der Waals surface area (Å²) >= 11 is 6.75. The number of nitrogens with zero attached hydrogens (tertiary/aromatic N) is 2. The van der Waals surface area contributed by atoms with Crippen LogP contribution in [0.1, 0.15) is 22.5 Å². The van der Waals surface area contributed by atoms with Crippen LogP contribution in [0, 0.1) is 11.7 Å². The van der Waals surface area contributed by atoms with Crippen LogP contribution in [0.25, 0.3) is 5.69 Å². The van der Waals surface area contributed by atoms with Gasteiger partial charge in [-0.25, -0.2) is 0 Å². The molecule has 1 heterocycles. The molecule has 3 rings (SSSR count). The van der Waals surface area contributed by atoms with Crippen LogP contribution in [-0.4, -0.2) is 14.8 Å². The fourth-order valence-corrected chi connectivity index (χ4v) is 3.88. The van der Waals surface area contributed by atoms with E-state index in [0.717, 1.165) is 11.8 Å². The zero-order valence-corrected chi connectivity index (χ0v) is 15.5. The van der Waals surface area contributed by atoms with E-state index in [9.17, 15) is 13.2 Å². The van der Waals surface area contributed by atoms with E-state index in [0.29, 0.717) is 11.6 Å². The summed E-state index contributed by atoms with van der Waals surface area (Å²) in [7, 11) is 0. The number of H-pyrrole nitrogens is 1. The van der Waals surface area contributed by atoms with Gasteiger partial charge in [0.25, 0.3) is 0 Å². The molecule has 0 aliphatic heterocycles. The third-order valence-corrected chi connectivity index (χ3v) is 5.19. The summed E-state index contributed by atoms with van der Waals surface area (Å²) in [6.07, 6.45) is -4.46. The van der Waals surface area contributed by atoms with E-state index in [1.165, 1.54) is 27.8 Å². The zero-order valence-electron chi connectivity index (χ0n) is 13.9. The highest BCUT2D eigenvalue weighted by Crippen LogP contribution is 2.34. The van der Waals surface area contributed by atoms with Crippen LogP contribution >= 0.6 is 24.0 Å². The lowest BCUT2D eigenvalue weighted by atomic mass is 10.1. The first kappa shape index (κ1) is 18.7. The topological polar surface area (TPSA) is 33.6 Å². The highest BCUT2D eigenvalue weighted by Gasteiger charge is 2.34. The second-order valence-electron chi connectivity index (χ2n) is 5.71. The molecule has 1 aromatic heterocycles. The number of hydrogen-bond acceptors (Lipinski definition) is 3. The van der Waals surface area contributed by atoms with Gasteiger partial charge in [0.05, 0.1) is 17.0 Å². The van der Waals surface area contributed by atoms with E-state index in [1.54, 1.807) is 17.8 Å². The normalized spacial score (nSPS) is 11.7. The summed E-state index contributed by atoms with van der Waals surface area (Å²) in [4.78, 5) is 0. The van der Waals surface area contributed by atoms with Crippen molar-refractivity contribution < 1.29 is 13.2 Å². The molecule has 0 aliphatic carbocycles. The molecule has 8 heteroatoms. The largest absolute Gasteiger partial charge is 0.418 e. The number of benzene rings is 2. The maximum absolute atomic E-state index is 13.3. The third-order valence-electron chi connectivity index (χ3n) is 3.94. The predicted octanol–water partition coefficient (Wildman–Crippen LogP) is 5.69. The molecule has 3 aromatic rings. The van der Waals surface area contributed by atoms with E-state index in [2.05, 4.69) is 10.2 Å². The minimum absolute atomic E-state index is 0.00904. The first-order valence-corrected chi connectivity index (χ1v) is 9.39. The lowest BCUT2D eigenvalue weighted by Gasteiger charge is -2.14. The Labute approximate surface area is 158 Å². The van der Waals surface area contributed by atoms with Crippen LogP contribution in [0.2, 0.25) is 0 Å². The van der Waals surface area contributed by atoms with Crippen molar-refractivity contribution in [2.45, 2.75) is 24.6 Å². The zero-order chi connectivity index (χ0) is 18.7. The first-order valence-electron chi connectivity index (χ1n) is 7.83. The number of hydrogen-bond donors (Lipinski definition) is 1. The van der Waals surface area contributed by atoms with Gasteiger partial charge in [0.1, 0.15) is 5.82 Å². The second-order valence-corrected chi connectivity index (χ2v) is 7.09.